The highest BCUT2D eigenvalue weighted by atomic mass is 35.5. The average Bonchev–Trinajstić information content (AvgIpc) is 3.26. The van der Waals surface area contributed by atoms with Crippen LogP contribution in [-0.2, 0) is 19.0 Å². The monoisotopic (exact) mass is 591 g/mol. The lowest BCUT2D eigenvalue weighted by molar-refractivity contribution is -0.137. The van der Waals surface area contributed by atoms with Crippen LogP contribution in [0.1, 0.15) is 33.1 Å². The number of benzene rings is 1. The zero-order valence-electron chi connectivity index (χ0n) is 24.3. The van der Waals surface area contributed by atoms with E-state index >= 15 is 0 Å². The second kappa shape index (κ2) is 14.9. The summed E-state index contributed by atoms with van der Waals surface area (Å²) in [6.45, 7) is 7.88. The van der Waals surface area contributed by atoms with Gasteiger partial charge in [-0.3, -0.25) is 4.79 Å². The molecule has 2 aromatic rings. The smallest absolute Gasteiger partial charge is 0.305 e. The standard InChI is InChI=1S/C30H42ClN3O7/c1-20-17-33(26-14-29(38-4)32-16-24(26)31)11-10-27(20)41-23-8-6-22(7-9-23)34-18-28(21(2)25(34)15-30(35)36)40-13-5-12-39-19-37-3/h6-9,14,16,20-21,25,27-28H,5,10-13,15,17-19H2,1-4H3,(H,35,36)/t20?,21-,25-,27?,28-/m0/s1. The maximum atomic E-state index is 11.7. The second-order valence-electron chi connectivity index (χ2n) is 10.8. The molecule has 1 N–H and O–H groups in total. The van der Waals surface area contributed by atoms with Crippen molar-refractivity contribution < 1.29 is 33.6 Å². The van der Waals surface area contributed by atoms with Gasteiger partial charge < -0.3 is 38.6 Å². The van der Waals surface area contributed by atoms with Crippen LogP contribution in [0.3, 0.4) is 0 Å². The van der Waals surface area contributed by atoms with Crippen molar-refractivity contribution in [2.75, 3.05) is 63.7 Å². The summed E-state index contributed by atoms with van der Waals surface area (Å²) in [6, 6.07) is 9.70. The zero-order valence-corrected chi connectivity index (χ0v) is 25.1. The number of piperidine rings is 1. The van der Waals surface area contributed by atoms with E-state index in [2.05, 4.69) is 28.6 Å². The van der Waals surface area contributed by atoms with Gasteiger partial charge in [-0.1, -0.05) is 25.4 Å². The quantitative estimate of drug-likeness (QED) is 0.245. The maximum absolute atomic E-state index is 11.7. The highest BCUT2D eigenvalue weighted by Crippen LogP contribution is 2.36. The largest absolute Gasteiger partial charge is 0.490 e. The van der Waals surface area contributed by atoms with Gasteiger partial charge >= 0.3 is 5.97 Å². The first-order valence-electron chi connectivity index (χ1n) is 14.2. The van der Waals surface area contributed by atoms with Crippen LogP contribution in [0.15, 0.2) is 36.5 Å². The molecule has 0 bridgehead atoms. The molecule has 2 aliphatic rings. The van der Waals surface area contributed by atoms with Crippen LogP contribution in [0.25, 0.3) is 0 Å². The van der Waals surface area contributed by atoms with Crippen LogP contribution >= 0.6 is 11.6 Å². The number of carbonyl (C=O) groups is 1. The first-order valence-corrected chi connectivity index (χ1v) is 14.6. The van der Waals surface area contributed by atoms with Gasteiger partial charge in [-0.25, -0.2) is 4.98 Å². The fraction of sp³-hybridized carbons (Fsp3) is 0.600. The summed E-state index contributed by atoms with van der Waals surface area (Å²) in [6.07, 6.45) is 3.29. The van der Waals surface area contributed by atoms with Crippen molar-refractivity contribution in [3.63, 3.8) is 0 Å². The molecule has 0 amide bonds. The van der Waals surface area contributed by atoms with Crippen LogP contribution in [0.2, 0.25) is 5.02 Å². The number of aliphatic carboxylic acids is 1. The van der Waals surface area contributed by atoms with E-state index < -0.39 is 5.97 Å². The molecule has 11 heteroatoms. The fourth-order valence-electron chi connectivity index (χ4n) is 5.71. The Morgan fingerprint density at radius 2 is 1.90 bits per heavy atom. The van der Waals surface area contributed by atoms with Crippen molar-refractivity contribution in [2.24, 2.45) is 11.8 Å². The Balaban J connectivity index is 1.34. The van der Waals surface area contributed by atoms with Gasteiger partial charge in [-0.2, -0.15) is 0 Å². The summed E-state index contributed by atoms with van der Waals surface area (Å²) in [5.74, 6) is 0.873. The lowest BCUT2D eigenvalue weighted by Gasteiger charge is -2.38. The molecule has 1 aromatic carbocycles. The number of nitrogens with zero attached hydrogens (tertiary/aromatic N) is 3. The maximum Gasteiger partial charge on any atom is 0.305 e. The minimum atomic E-state index is -0.813. The summed E-state index contributed by atoms with van der Waals surface area (Å²) < 4.78 is 28.1. The third-order valence-electron chi connectivity index (χ3n) is 7.96. The summed E-state index contributed by atoms with van der Waals surface area (Å²) >= 11 is 6.43. The Morgan fingerprint density at radius 3 is 2.59 bits per heavy atom. The molecule has 0 saturated carbocycles. The molecule has 0 aliphatic carbocycles. The van der Waals surface area contributed by atoms with E-state index in [1.807, 2.05) is 30.3 Å². The highest BCUT2D eigenvalue weighted by molar-refractivity contribution is 6.33. The lowest BCUT2D eigenvalue weighted by Crippen LogP contribution is -2.44. The number of anilines is 2. The van der Waals surface area contributed by atoms with Crippen molar-refractivity contribution in [1.82, 2.24) is 4.98 Å². The topological polar surface area (TPSA) is 103 Å². The second-order valence-corrected chi connectivity index (χ2v) is 11.2. The third kappa shape index (κ3) is 8.16. The molecule has 2 aliphatic heterocycles. The van der Waals surface area contributed by atoms with Gasteiger partial charge in [0.25, 0.3) is 0 Å². The SMILES string of the molecule is COCOCCCO[C@H]1CN(c2ccc(OC3CCN(c4cc(OC)ncc4Cl)CC3C)cc2)[C@@H](CC(=O)O)[C@@H]1C. The number of carboxylic acid groups (broad SMARTS) is 1. The first-order chi connectivity index (χ1) is 19.8. The number of rotatable bonds is 14. The number of methoxy groups -OCH3 is 2. The molecule has 3 heterocycles. The Bertz CT molecular complexity index is 1120. The summed E-state index contributed by atoms with van der Waals surface area (Å²) in [5.41, 5.74) is 1.89. The van der Waals surface area contributed by atoms with E-state index in [1.165, 1.54) is 0 Å². The van der Waals surface area contributed by atoms with E-state index in [9.17, 15) is 9.90 Å². The van der Waals surface area contributed by atoms with Crippen LogP contribution in [0, 0.1) is 11.8 Å². The molecule has 226 valence electrons. The molecule has 2 fully saturated rings. The summed E-state index contributed by atoms with van der Waals surface area (Å²) in [4.78, 5) is 20.3. The number of aromatic nitrogens is 1. The Morgan fingerprint density at radius 1 is 1.12 bits per heavy atom. The summed E-state index contributed by atoms with van der Waals surface area (Å²) in [5, 5.41) is 10.2. The molecule has 1 aromatic heterocycles. The van der Waals surface area contributed by atoms with Crippen molar-refractivity contribution in [1.29, 1.82) is 0 Å². The predicted octanol–water partition coefficient (Wildman–Crippen LogP) is 4.73. The number of carboxylic acids is 1. The number of halogens is 1. The molecule has 2 saturated heterocycles. The number of hydrogen-bond acceptors (Lipinski definition) is 9. The minimum Gasteiger partial charge on any atom is -0.490 e. The van der Waals surface area contributed by atoms with Gasteiger partial charge in [0, 0.05) is 69.4 Å². The molecule has 4 rings (SSSR count). The highest BCUT2D eigenvalue weighted by Gasteiger charge is 2.41. The molecule has 10 nitrogen and oxygen atoms in total. The molecule has 41 heavy (non-hydrogen) atoms. The Kier molecular flexibility index (Phi) is 11.3. The first kappa shape index (κ1) is 31.2. The molecular weight excluding hydrogens is 550 g/mol. The van der Waals surface area contributed by atoms with Crippen molar-refractivity contribution in [3.8, 4) is 11.6 Å². The average molecular weight is 592 g/mol. The normalized spacial score (nSPS) is 24.5. The van der Waals surface area contributed by atoms with E-state index in [0.717, 1.165) is 43.1 Å². The molecule has 0 spiro atoms. The third-order valence-corrected chi connectivity index (χ3v) is 8.25. The van der Waals surface area contributed by atoms with Gasteiger partial charge in [0.2, 0.25) is 5.88 Å². The van der Waals surface area contributed by atoms with Crippen LogP contribution in [0.4, 0.5) is 11.4 Å². The predicted molar refractivity (Wildman–Crippen MR) is 157 cm³/mol. The lowest BCUT2D eigenvalue weighted by atomic mass is 9.96. The van der Waals surface area contributed by atoms with Gasteiger partial charge in [0.1, 0.15) is 18.6 Å². The summed E-state index contributed by atoms with van der Waals surface area (Å²) in [7, 11) is 3.19. The van der Waals surface area contributed by atoms with E-state index in [-0.39, 0.29) is 43.3 Å². The van der Waals surface area contributed by atoms with Crippen LogP contribution < -0.4 is 19.3 Å². The van der Waals surface area contributed by atoms with E-state index in [0.29, 0.717) is 30.7 Å². The van der Waals surface area contributed by atoms with Gasteiger partial charge in [-0.15, -0.1) is 0 Å². The molecule has 2 unspecified atom stereocenters. The number of hydrogen-bond donors (Lipinski definition) is 1. The van der Waals surface area contributed by atoms with Crippen LogP contribution in [0.5, 0.6) is 11.6 Å². The van der Waals surface area contributed by atoms with Crippen molar-refractivity contribution in [3.05, 3.63) is 41.6 Å². The van der Waals surface area contributed by atoms with Gasteiger partial charge in [0.05, 0.1) is 43.1 Å². The Hall–Kier alpha value is -2.79. The zero-order chi connectivity index (χ0) is 29.4. The molecule has 5 atom stereocenters. The number of ether oxygens (including phenoxy) is 5. The molecular formula is C30H42ClN3O7. The fourth-order valence-corrected chi connectivity index (χ4v) is 5.94. The minimum absolute atomic E-state index is 0.0552. The Labute approximate surface area is 247 Å². The van der Waals surface area contributed by atoms with E-state index in [1.54, 1.807) is 20.4 Å². The van der Waals surface area contributed by atoms with Gasteiger partial charge in [-0.05, 0) is 30.7 Å². The number of pyridine rings is 1. The molecule has 0 radical (unpaired) electrons. The van der Waals surface area contributed by atoms with Gasteiger partial charge in [0.15, 0.2) is 0 Å². The van der Waals surface area contributed by atoms with Crippen molar-refractivity contribution >= 4 is 28.9 Å². The van der Waals surface area contributed by atoms with E-state index in [4.69, 9.17) is 35.3 Å². The van der Waals surface area contributed by atoms with Crippen LogP contribution in [-0.4, -0.2) is 88.2 Å². The van der Waals surface area contributed by atoms with Crippen molar-refractivity contribution in [2.45, 2.75) is 51.4 Å².